The second-order valence-corrected chi connectivity index (χ2v) is 4.94. The summed E-state index contributed by atoms with van der Waals surface area (Å²) in [6.07, 6.45) is 5.79. The molecule has 96 valence electrons. The van der Waals surface area contributed by atoms with Crippen LogP contribution in [-0.4, -0.2) is 6.04 Å². The fourth-order valence-electron chi connectivity index (χ4n) is 2.04. The Hall–Kier alpha value is -1.54. The van der Waals surface area contributed by atoms with E-state index in [1.807, 2.05) is 6.07 Å². The molecule has 0 amide bonds. The summed E-state index contributed by atoms with van der Waals surface area (Å²) in [6, 6.07) is 11.3. The van der Waals surface area contributed by atoms with Crippen molar-refractivity contribution in [2.45, 2.75) is 39.3 Å². The van der Waals surface area contributed by atoms with Gasteiger partial charge in [0.05, 0.1) is 12.5 Å². The first-order valence-corrected chi connectivity index (χ1v) is 6.54. The van der Waals surface area contributed by atoms with E-state index in [0.717, 1.165) is 19.4 Å². The molecule has 2 aromatic rings. The first-order chi connectivity index (χ1) is 8.74. The molecule has 0 aliphatic rings. The van der Waals surface area contributed by atoms with Gasteiger partial charge in [0, 0.05) is 18.2 Å². The highest BCUT2D eigenvalue weighted by Gasteiger charge is 2.03. The highest BCUT2D eigenvalue weighted by molar-refractivity contribution is 5.22. The Morgan fingerprint density at radius 1 is 1.22 bits per heavy atom. The molecule has 0 spiro atoms. The van der Waals surface area contributed by atoms with Crippen molar-refractivity contribution >= 4 is 0 Å². The molecule has 0 aliphatic heterocycles. The van der Waals surface area contributed by atoms with Crippen LogP contribution in [0.2, 0.25) is 0 Å². The largest absolute Gasteiger partial charge is 0.472 e. The van der Waals surface area contributed by atoms with Gasteiger partial charge < -0.3 is 9.73 Å². The molecule has 1 aromatic carbocycles. The van der Waals surface area contributed by atoms with Crippen molar-refractivity contribution in [3.05, 3.63) is 59.5 Å². The number of benzene rings is 1. The zero-order valence-electron chi connectivity index (χ0n) is 11.1. The molecule has 0 aliphatic carbocycles. The van der Waals surface area contributed by atoms with E-state index < -0.39 is 0 Å². The van der Waals surface area contributed by atoms with Crippen LogP contribution >= 0.6 is 0 Å². The third kappa shape index (κ3) is 4.04. The Morgan fingerprint density at radius 3 is 2.83 bits per heavy atom. The number of furan rings is 1. The predicted octanol–water partition coefficient (Wildman–Crippen LogP) is 3.70. The zero-order chi connectivity index (χ0) is 12.8. The van der Waals surface area contributed by atoms with Crippen LogP contribution in [0, 0.1) is 6.92 Å². The summed E-state index contributed by atoms with van der Waals surface area (Å²) in [5, 5.41) is 3.51. The van der Waals surface area contributed by atoms with Gasteiger partial charge in [-0.2, -0.15) is 0 Å². The molecule has 0 bridgehead atoms. The van der Waals surface area contributed by atoms with Crippen LogP contribution in [0.1, 0.15) is 30.0 Å². The van der Waals surface area contributed by atoms with E-state index in [1.165, 1.54) is 16.7 Å². The van der Waals surface area contributed by atoms with Gasteiger partial charge in [-0.3, -0.25) is 0 Å². The van der Waals surface area contributed by atoms with Gasteiger partial charge in [-0.15, -0.1) is 0 Å². The second kappa shape index (κ2) is 6.41. The fraction of sp³-hybridized carbons (Fsp3) is 0.375. The molecule has 0 saturated heterocycles. The Morgan fingerprint density at radius 2 is 2.11 bits per heavy atom. The predicted molar refractivity (Wildman–Crippen MR) is 74.5 cm³/mol. The average Bonchev–Trinajstić information content (AvgIpc) is 2.87. The van der Waals surface area contributed by atoms with Crippen molar-refractivity contribution in [3.63, 3.8) is 0 Å². The van der Waals surface area contributed by atoms with Crippen LogP contribution < -0.4 is 5.32 Å². The summed E-state index contributed by atoms with van der Waals surface area (Å²) in [5.41, 5.74) is 3.97. The Kier molecular flexibility index (Phi) is 4.59. The van der Waals surface area contributed by atoms with Crippen molar-refractivity contribution < 1.29 is 4.42 Å². The fourth-order valence-corrected chi connectivity index (χ4v) is 2.04. The van der Waals surface area contributed by atoms with Gasteiger partial charge in [-0.1, -0.05) is 29.8 Å². The number of nitrogens with one attached hydrogen (secondary N) is 1. The van der Waals surface area contributed by atoms with Gasteiger partial charge in [0.2, 0.25) is 0 Å². The minimum Gasteiger partial charge on any atom is -0.472 e. The van der Waals surface area contributed by atoms with Gasteiger partial charge in [0.25, 0.3) is 0 Å². The van der Waals surface area contributed by atoms with Crippen molar-refractivity contribution in [3.8, 4) is 0 Å². The first kappa shape index (κ1) is 12.9. The Bertz CT molecular complexity index is 462. The lowest BCUT2D eigenvalue weighted by Gasteiger charge is -2.13. The standard InChI is InChI=1S/C16H21NO/c1-13-4-3-5-15(10-13)7-6-14(2)17-11-16-8-9-18-12-16/h3-5,8-10,12,14,17H,6-7,11H2,1-2H3. The summed E-state index contributed by atoms with van der Waals surface area (Å²) in [6.45, 7) is 5.26. The molecule has 2 rings (SSSR count). The molecule has 0 saturated carbocycles. The van der Waals surface area contributed by atoms with Crippen LogP contribution in [0.3, 0.4) is 0 Å². The molecular weight excluding hydrogens is 222 g/mol. The van der Waals surface area contributed by atoms with Gasteiger partial charge in [0.15, 0.2) is 0 Å². The van der Waals surface area contributed by atoms with E-state index in [4.69, 9.17) is 4.42 Å². The van der Waals surface area contributed by atoms with Gasteiger partial charge >= 0.3 is 0 Å². The molecule has 1 aromatic heterocycles. The van der Waals surface area contributed by atoms with Crippen molar-refractivity contribution in [1.29, 1.82) is 0 Å². The van der Waals surface area contributed by atoms with Gasteiger partial charge in [-0.05, 0) is 38.3 Å². The van der Waals surface area contributed by atoms with Crippen LogP contribution in [0.25, 0.3) is 0 Å². The lowest BCUT2D eigenvalue weighted by atomic mass is 10.0. The zero-order valence-corrected chi connectivity index (χ0v) is 11.1. The number of hydrogen-bond acceptors (Lipinski definition) is 2. The Labute approximate surface area is 109 Å². The molecular formula is C16H21NO. The van der Waals surface area contributed by atoms with Gasteiger partial charge in [0.1, 0.15) is 0 Å². The summed E-state index contributed by atoms with van der Waals surface area (Å²) in [4.78, 5) is 0. The van der Waals surface area contributed by atoms with Crippen molar-refractivity contribution in [1.82, 2.24) is 5.32 Å². The van der Waals surface area contributed by atoms with Crippen LogP contribution in [0.15, 0.2) is 47.3 Å². The molecule has 1 N–H and O–H groups in total. The summed E-state index contributed by atoms with van der Waals surface area (Å²) >= 11 is 0. The number of hydrogen-bond donors (Lipinski definition) is 1. The molecule has 2 heteroatoms. The molecule has 0 fully saturated rings. The maximum Gasteiger partial charge on any atom is 0.0947 e. The monoisotopic (exact) mass is 243 g/mol. The summed E-state index contributed by atoms with van der Waals surface area (Å²) in [5.74, 6) is 0. The lowest BCUT2D eigenvalue weighted by Crippen LogP contribution is -2.25. The SMILES string of the molecule is Cc1cccc(CCC(C)NCc2ccoc2)c1. The van der Waals surface area contributed by atoms with Crippen molar-refractivity contribution in [2.24, 2.45) is 0 Å². The lowest BCUT2D eigenvalue weighted by molar-refractivity contribution is 0.508. The molecule has 2 nitrogen and oxygen atoms in total. The Balaban J connectivity index is 1.73. The third-order valence-electron chi connectivity index (χ3n) is 3.18. The van der Waals surface area contributed by atoms with E-state index in [0.29, 0.717) is 6.04 Å². The van der Waals surface area contributed by atoms with Gasteiger partial charge in [-0.25, -0.2) is 0 Å². The quantitative estimate of drug-likeness (QED) is 0.837. The normalized spacial score (nSPS) is 12.6. The average molecular weight is 243 g/mol. The van der Waals surface area contributed by atoms with Crippen LogP contribution in [-0.2, 0) is 13.0 Å². The highest BCUT2D eigenvalue weighted by atomic mass is 16.3. The van der Waals surface area contributed by atoms with E-state index in [9.17, 15) is 0 Å². The maximum absolute atomic E-state index is 5.05. The van der Waals surface area contributed by atoms with E-state index >= 15 is 0 Å². The van der Waals surface area contributed by atoms with Crippen LogP contribution in [0.5, 0.6) is 0 Å². The second-order valence-electron chi connectivity index (χ2n) is 4.94. The topological polar surface area (TPSA) is 25.2 Å². The highest BCUT2D eigenvalue weighted by Crippen LogP contribution is 2.08. The van der Waals surface area contributed by atoms with E-state index in [1.54, 1.807) is 12.5 Å². The maximum atomic E-state index is 5.05. The van der Waals surface area contributed by atoms with E-state index in [2.05, 4.69) is 43.4 Å². The first-order valence-electron chi connectivity index (χ1n) is 6.54. The number of rotatable bonds is 6. The third-order valence-corrected chi connectivity index (χ3v) is 3.18. The summed E-state index contributed by atoms with van der Waals surface area (Å²) < 4.78 is 5.05. The minimum absolute atomic E-state index is 0.514. The van der Waals surface area contributed by atoms with E-state index in [-0.39, 0.29) is 0 Å². The van der Waals surface area contributed by atoms with Crippen LogP contribution in [0.4, 0.5) is 0 Å². The minimum atomic E-state index is 0.514. The molecule has 0 radical (unpaired) electrons. The molecule has 1 atom stereocenters. The molecule has 18 heavy (non-hydrogen) atoms. The summed E-state index contributed by atoms with van der Waals surface area (Å²) in [7, 11) is 0. The molecule has 1 heterocycles. The molecule has 1 unspecified atom stereocenters. The smallest absolute Gasteiger partial charge is 0.0947 e. The van der Waals surface area contributed by atoms with Crippen molar-refractivity contribution in [2.75, 3.05) is 0 Å². The number of aryl methyl sites for hydroxylation is 2.